The molecule has 0 fully saturated rings. The Morgan fingerprint density at radius 3 is 2.14 bits per heavy atom. The summed E-state index contributed by atoms with van der Waals surface area (Å²) in [5, 5.41) is 2.96. The number of halogens is 2. The molecule has 0 bridgehead atoms. The predicted molar refractivity (Wildman–Crippen MR) is 138 cm³/mol. The lowest BCUT2D eigenvalue weighted by molar-refractivity contribution is -0.140. The molecular weight excluding hydrogens is 505 g/mol. The monoisotopic (exact) mass is 531 g/mol. The molecular formula is C26H27ClFN3O4S. The average molecular weight is 532 g/mol. The molecule has 3 aromatic carbocycles. The fraction of sp³-hybridized carbons (Fsp3) is 0.231. The molecule has 0 spiro atoms. The van der Waals surface area contributed by atoms with E-state index in [0.29, 0.717) is 17.0 Å². The van der Waals surface area contributed by atoms with Gasteiger partial charge in [0, 0.05) is 18.6 Å². The van der Waals surface area contributed by atoms with Crippen molar-refractivity contribution in [2.75, 3.05) is 17.9 Å². The van der Waals surface area contributed by atoms with Crippen LogP contribution in [-0.4, -0.2) is 44.8 Å². The van der Waals surface area contributed by atoms with Crippen LogP contribution in [0, 0.1) is 5.82 Å². The second-order valence-electron chi connectivity index (χ2n) is 7.99. The number of hydrogen-bond donors (Lipinski definition) is 1. The lowest BCUT2D eigenvalue weighted by Gasteiger charge is -2.33. The third-order valence-electron chi connectivity index (χ3n) is 5.62. The average Bonchev–Trinajstić information content (AvgIpc) is 2.89. The molecule has 1 unspecified atom stereocenters. The maximum absolute atomic E-state index is 13.7. The van der Waals surface area contributed by atoms with Gasteiger partial charge in [-0.15, -0.1) is 0 Å². The third kappa shape index (κ3) is 6.41. The van der Waals surface area contributed by atoms with Crippen LogP contribution in [0.25, 0.3) is 0 Å². The van der Waals surface area contributed by atoms with Crippen LogP contribution in [0.5, 0.6) is 0 Å². The van der Waals surface area contributed by atoms with Crippen molar-refractivity contribution in [3.8, 4) is 0 Å². The summed E-state index contributed by atoms with van der Waals surface area (Å²) < 4.78 is 41.6. The van der Waals surface area contributed by atoms with Crippen molar-refractivity contribution in [1.29, 1.82) is 0 Å². The van der Waals surface area contributed by atoms with Crippen LogP contribution in [0.15, 0.2) is 83.8 Å². The van der Waals surface area contributed by atoms with Gasteiger partial charge in [-0.2, -0.15) is 0 Å². The number of sulfonamides is 1. The van der Waals surface area contributed by atoms with E-state index in [4.69, 9.17) is 11.6 Å². The summed E-state index contributed by atoms with van der Waals surface area (Å²) in [5.41, 5.74) is 0.836. The molecule has 3 rings (SSSR count). The van der Waals surface area contributed by atoms with Crippen LogP contribution in [0.4, 0.5) is 10.1 Å². The van der Waals surface area contributed by atoms with Crippen molar-refractivity contribution in [2.24, 2.45) is 0 Å². The molecule has 10 heteroatoms. The molecule has 0 aromatic heterocycles. The van der Waals surface area contributed by atoms with Gasteiger partial charge in [-0.1, -0.05) is 48.9 Å². The van der Waals surface area contributed by atoms with Crippen LogP contribution in [0.3, 0.4) is 0 Å². The molecule has 0 heterocycles. The topological polar surface area (TPSA) is 86.8 Å². The molecule has 3 aromatic rings. The smallest absolute Gasteiger partial charge is 0.264 e. The van der Waals surface area contributed by atoms with Crippen molar-refractivity contribution >= 4 is 39.1 Å². The van der Waals surface area contributed by atoms with E-state index in [9.17, 15) is 22.4 Å². The van der Waals surface area contributed by atoms with Gasteiger partial charge in [0.1, 0.15) is 18.4 Å². The number of carbonyl (C=O) groups excluding carboxylic acids is 2. The first-order chi connectivity index (χ1) is 17.2. The number of anilines is 1. The Bertz CT molecular complexity index is 1290. The predicted octanol–water partition coefficient (Wildman–Crippen LogP) is 4.23. The zero-order chi connectivity index (χ0) is 26.3. The van der Waals surface area contributed by atoms with Crippen LogP contribution in [-0.2, 0) is 26.2 Å². The second-order valence-corrected chi connectivity index (χ2v) is 10.3. The zero-order valence-electron chi connectivity index (χ0n) is 19.9. The summed E-state index contributed by atoms with van der Waals surface area (Å²) in [4.78, 5) is 27.7. The number of rotatable bonds is 10. The van der Waals surface area contributed by atoms with Gasteiger partial charge in [0.15, 0.2) is 0 Å². The van der Waals surface area contributed by atoms with Crippen LogP contribution < -0.4 is 9.62 Å². The molecule has 1 N–H and O–H groups in total. The van der Waals surface area contributed by atoms with Crippen molar-refractivity contribution < 1.29 is 22.4 Å². The van der Waals surface area contributed by atoms with Crippen molar-refractivity contribution in [1.82, 2.24) is 10.2 Å². The van der Waals surface area contributed by atoms with E-state index in [1.165, 1.54) is 72.6 Å². The van der Waals surface area contributed by atoms with E-state index in [2.05, 4.69) is 5.32 Å². The number of nitrogens with zero attached hydrogens (tertiary/aromatic N) is 2. The van der Waals surface area contributed by atoms with E-state index in [0.717, 1.165) is 4.31 Å². The van der Waals surface area contributed by atoms with Gasteiger partial charge in [0.2, 0.25) is 11.8 Å². The Morgan fingerprint density at radius 2 is 1.58 bits per heavy atom. The van der Waals surface area contributed by atoms with E-state index in [1.807, 2.05) is 0 Å². The highest BCUT2D eigenvalue weighted by Crippen LogP contribution is 2.26. The fourth-order valence-corrected chi connectivity index (χ4v) is 5.29. The number of hydrogen-bond acceptors (Lipinski definition) is 4. The molecule has 0 aliphatic heterocycles. The lowest BCUT2D eigenvalue weighted by Crippen LogP contribution is -2.51. The molecule has 0 aliphatic rings. The first-order valence-corrected chi connectivity index (χ1v) is 13.1. The fourth-order valence-electron chi connectivity index (χ4n) is 3.73. The molecule has 0 saturated heterocycles. The normalized spacial score (nSPS) is 12.0. The number of nitrogens with one attached hydrogen (secondary N) is 1. The first kappa shape index (κ1) is 27.2. The lowest BCUT2D eigenvalue weighted by atomic mass is 10.1. The SMILES string of the molecule is CCC(C(=O)NC)N(Cc1ccc(F)cc1)C(=O)CN(c1ccc(Cl)cc1)S(=O)(=O)c1ccccc1. The van der Waals surface area contributed by atoms with Crippen molar-refractivity contribution in [3.63, 3.8) is 0 Å². The summed E-state index contributed by atoms with van der Waals surface area (Å²) in [6.07, 6.45) is 0.291. The van der Waals surface area contributed by atoms with Gasteiger partial charge in [-0.3, -0.25) is 13.9 Å². The third-order valence-corrected chi connectivity index (χ3v) is 7.66. The number of benzene rings is 3. The number of likely N-dealkylation sites (N-methyl/N-ethyl adjacent to an activating group) is 1. The zero-order valence-corrected chi connectivity index (χ0v) is 21.5. The Balaban J connectivity index is 2.03. The van der Waals surface area contributed by atoms with Gasteiger partial charge in [-0.05, 0) is 60.5 Å². The van der Waals surface area contributed by atoms with E-state index in [-0.39, 0.29) is 17.1 Å². The summed E-state index contributed by atoms with van der Waals surface area (Å²) in [7, 11) is -2.68. The summed E-state index contributed by atoms with van der Waals surface area (Å²) in [5.74, 6) is -1.42. The Labute approximate surface area is 215 Å². The highest BCUT2D eigenvalue weighted by atomic mass is 35.5. The van der Waals surface area contributed by atoms with Crippen molar-refractivity contribution in [2.45, 2.75) is 30.8 Å². The molecule has 0 aliphatic carbocycles. The van der Waals surface area contributed by atoms with E-state index in [1.54, 1.807) is 25.1 Å². The molecule has 1 atom stereocenters. The second kappa shape index (κ2) is 12.0. The molecule has 190 valence electrons. The minimum Gasteiger partial charge on any atom is -0.357 e. The maximum Gasteiger partial charge on any atom is 0.264 e. The molecule has 2 amide bonds. The Morgan fingerprint density at radius 1 is 0.972 bits per heavy atom. The van der Waals surface area contributed by atoms with Crippen LogP contribution in [0.1, 0.15) is 18.9 Å². The summed E-state index contributed by atoms with van der Waals surface area (Å²) in [6.45, 7) is 1.18. The van der Waals surface area contributed by atoms with Crippen LogP contribution in [0.2, 0.25) is 5.02 Å². The van der Waals surface area contributed by atoms with Crippen molar-refractivity contribution in [3.05, 3.63) is 95.3 Å². The molecule has 7 nitrogen and oxygen atoms in total. The highest BCUT2D eigenvalue weighted by Gasteiger charge is 2.33. The Hall–Kier alpha value is -3.43. The standard InChI is InChI=1S/C26H27ClFN3O4S/c1-3-24(26(33)29-2)30(17-19-9-13-21(28)14-10-19)25(32)18-31(22-15-11-20(27)12-16-22)36(34,35)23-7-5-4-6-8-23/h4-16,24H,3,17-18H2,1-2H3,(H,29,33). The minimum atomic E-state index is -4.14. The van der Waals surface area contributed by atoms with E-state index >= 15 is 0 Å². The van der Waals surface area contributed by atoms with Gasteiger partial charge in [-0.25, -0.2) is 12.8 Å². The van der Waals surface area contributed by atoms with Crippen LogP contribution >= 0.6 is 11.6 Å². The highest BCUT2D eigenvalue weighted by molar-refractivity contribution is 7.92. The quantitative estimate of drug-likeness (QED) is 0.424. The molecule has 0 saturated carbocycles. The number of amides is 2. The number of carbonyl (C=O) groups is 2. The largest absolute Gasteiger partial charge is 0.357 e. The van der Waals surface area contributed by atoms with Gasteiger partial charge >= 0.3 is 0 Å². The summed E-state index contributed by atoms with van der Waals surface area (Å²) in [6, 6.07) is 18.5. The summed E-state index contributed by atoms with van der Waals surface area (Å²) >= 11 is 6.00. The molecule has 36 heavy (non-hydrogen) atoms. The van der Waals surface area contributed by atoms with Gasteiger partial charge in [0.05, 0.1) is 10.6 Å². The minimum absolute atomic E-state index is 0.00905. The maximum atomic E-state index is 13.7. The Kier molecular flexibility index (Phi) is 9.06. The first-order valence-electron chi connectivity index (χ1n) is 11.3. The van der Waals surface area contributed by atoms with E-state index < -0.39 is 40.2 Å². The van der Waals surface area contributed by atoms with Gasteiger partial charge < -0.3 is 10.2 Å². The van der Waals surface area contributed by atoms with Gasteiger partial charge in [0.25, 0.3) is 10.0 Å². The molecule has 0 radical (unpaired) electrons.